The van der Waals surface area contributed by atoms with Gasteiger partial charge in [0, 0.05) is 17.1 Å². The Labute approximate surface area is 103 Å². The molecule has 1 aromatic rings. The zero-order chi connectivity index (χ0) is 12.4. The van der Waals surface area contributed by atoms with E-state index in [1.165, 1.54) is 6.07 Å². The van der Waals surface area contributed by atoms with Gasteiger partial charge in [-0.05, 0) is 18.2 Å². The van der Waals surface area contributed by atoms with E-state index in [9.17, 15) is 9.59 Å². The minimum Gasteiger partial charge on any atom is -0.464 e. The summed E-state index contributed by atoms with van der Waals surface area (Å²) < 4.78 is 4.75. The number of amides is 1. The maximum Gasteiger partial charge on any atom is 0.328 e. The third kappa shape index (κ3) is 2.50. The highest BCUT2D eigenvalue weighted by molar-refractivity contribution is 6.31. The van der Waals surface area contributed by atoms with Gasteiger partial charge >= 0.3 is 5.97 Å². The van der Waals surface area contributed by atoms with Crippen LogP contribution < -0.4 is 11.1 Å². The number of nitrogens with two attached hydrogens (primary N) is 1. The van der Waals surface area contributed by atoms with Gasteiger partial charge in [0.1, 0.15) is 6.04 Å². The number of esters is 1. The topological polar surface area (TPSA) is 81.4 Å². The second kappa shape index (κ2) is 4.63. The molecule has 1 unspecified atom stereocenters. The van der Waals surface area contributed by atoms with E-state index in [2.05, 4.69) is 5.32 Å². The van der Waals surface area contributed by atoms with Crippen LogP contribution in [0.25, 0.3) is 0 Å². The molecule has 1 heterocycles. The van der Waals surface area contributed by atoms with Gasteiger partial charge in [-0.1, -0.05) is 11.6 Å². The van der Waals surface area contributed by atoms with Crippen molar-refractivity contribution in [3.63, 3.8) is 0 Å². The molecular weight excluding hydrogens is 244 g/mol. The first kappa shape index (κ1) is 11.7. The highest BCUT2D eigenvalue weighted by Crippen LogP contribution is 2.18. The lowest BCUT2D eigenvalue weighted by molar-refractivity contribution is -0.139. The molecule has 0 bridgehead atoms. The number of ether oxygens (including phenoxy) is 1. The van der Waals surface area contributed by atoms with Gasteiger partial charge < -0.3 is 15.8 Å². The Morgan fingerprint density at radius 2 is 2.29 bits per heavy atom. The zero-order valence-electron chi connectivity index (χ0n) is 8.90. The molecule has 1 atom stereocenters. The minimum absolute atomic E-state index is 0.261. The van der Waals surface area contributed by atoms with Crippen LogP contribution in [0, 0.1) is 0 Å². The molecule has 1 aliphatic rings. The molecule has 1 amide bonds. The van der Waals surface area contributed by atoms with Crippen LogP contribution in [0.1, 0.15) is 16.8 Å². The number of benzene rings is 1. The van der Waals surface area contributed by atoms with Crippen LogP contribution in [-0.4, -0.2) is 24.5 Å². The number of rotatable bonds is 2. The van der Waals surface area contributed by atoms with E-state index in [0.29, 0.717) is 23.7 Å². The van der Waals surface area contributed by atoms with E-state index in [1.54, 1.807) is 12.1 Å². The number of hydrogen-bond donors (Lipinski definition) is 2. The molecule has 90 valence electrons. The Balaban J connectivity index is 2.14. The molecule has 1 aromatic carbocycles. The van der Waals surface area contributed by atoms with Gasteiger partial charge in [0.25, 0.3) is 5.91 Å². The van der Waals surface area contributed by atoms with E-state index < -0.39 is 17.9 Å². The molecule has 2 rings (SSSR count). The molecule has 3 N–H and O–H groups in total. The van der Waals surface area contributed by atoms with Gasteiger partial charge in [-0.2, -0.15) is 0 Å². The summed E-state index contributed by atoms with van der Waals surface area (Å²) in [6, 6.07) is 4.01. The lowest BCUT2D eigenvalue weighted by Gasteiger charge is -2.10. The monoisotopic (exact) mass is 254 g/mol. The number of carbonyl (C=O) groups excluding carboxylic acids is 2. The number of cyclic esters (lactones) is 1. The number of anilines is 1. The van der Waals surface area contributed by atoms with Crippen molar-refractivity contribution >= 4 is 29.2 Å². The standard InChI is InChI=1S/C11H11ClN2O3/c12-6-1-2-8(13)7(5-6)10(15)14-9-3-4-17-11(9)16/h1-2,5,9H,3-4,13H2,(H,14,15). The van der Waals surface area contributed by atoms with E-state index in [4.69, 9.17) is 22.1 Å². The Bertz CT molecular complexity index is 476. The average molecular weight is 255 g/mol. The molecule has 1 saturated heterocycles. The second-order valence-electron chi connectivity index (χ2n) is 3.71. The van der Waals surface area contributed by atoms with Crippen LogP contribution in [0.3, 0.4) is 0 Å². The van der Waals surface area contributed by atoms with E-state index in [-0.39, 0.29) is 5.56 Å². The van der Waals surface area contributed by atoms with E-state index in [0.717, 1.165) is 0 Å². The first-order chi connectivity index (χ1) is 8.08. The SMILES string of the molecule is Nc1ccc(Cl)cc1C(=O)NC1CCOC1=O. The van der Waals surface area contributed by atoms with Crippen molar-refractivity contribution in [2.24, 2.45) is 0 Å². The molecule has 17 heavy (non-hydrogen) atoms. The normalized spacial score (nSPS) is 18.9. The van der Waals surface area contributed by atoms with Gasteiger partial charge in [-0.25, -0.2) is 4.79 Å². The predicted octanol–water partition coefficient (Wildman–Crippen LogP) is 0.968. The smallest absolute Gasteiger partial charge is 0.328 e. The highest BCUT2D eigenvalue weighted by atomic mass is 35.5. The van der Waals surface area contributed by atoms with Gasteiger partial charge in [0.2, 0.25) is 0 Å². The van der Waals surface area contributed by atoms with Crippen LogP contribution in [0.5, 0.6) is 0 Å². The Kier molecular flexibility index (Phi) is 3.19. The summed E-state index contributed by atoms with van der Waals surface area (Å²) in [5.74, 6) is -0.840. The maximum atomic E-state index is 11.9. The quantitative estimate of drug-likeness (QED) is 0.609. The summed E-state index contributed by atoms with van der Waals surface area (Å²) in [6.45, 7) is 0.328. The predicted molar refractivity (Wildman–Crippen MR) is 62.7 cm³/mol. The van der Waals surface area contributed by atoms with Crippen molar-refractivity contribution in [3.8, 4) is 0 Å². The fourth-order valence-electron chi connectivity index (χ4n) is 1.59. The minimum atomic E-state index is -0.596. The van der Waals surface area contributed by atoms with Crippen LogP contribution in [0.15, 0.2) is 18.2 Å². The lowest BCUT2D eigenvalue weighted by Crippen LogP contribution is -2.38. The fraction of sp³-hybridized carbons (Fsp3) is 0.273. The summed E-state index contributed by atoms with van der Waals surface area (Å²) in [6.07, 6.45) is 0.477. The largest absolute Gasteiger partial charge is 0.464 e. The Morgan fingerprint density at radius 3 is 2.94 bits per heavy atom. The number of hydrogen-bond acceptors (Lipinski definition) is 4. The molecule has 0 saturated carbocycles. The third-order valence-electron chi connectivity index (χ3n) is 2.50. The van der Waals surface area contributed by atoms with Crippen LogP contribution in [0.2, 0.25) is 5.02 Å². The van der Waals surface area contributed by atoms with Crippen molar-refractivity contribution in [1.29, 1.82) is 0 Å². The molecule has 5 nitrogen and oxygen atoms in total. The Morgan fingerprint density at radius 1 is 1.53 bits per heavy atom. The van der Waals surface area contributed by atoms with Crippen molar-refractivity contribution in [3.05, 3.63) is 28.8 Å². The molecule has 0 radical (unpaired) electrons. The maximum absolute atomic E-state index is 11.9. The summed E-state index contributed by atoms with van der Waals surface area (Å²) in [7, 11) is 0. The fourth-order valence-corrected chi connectivity index (χ4v) is 1.76. The van der Waals surface area contributed by atoms with Crippen molar-refractivity contribution in [2.75, 3.05) is 12.3 Å². The second-order valence-corrected chi connectivity index (χ2v) is 4.15. The number of carbonyl (C=O) groups is 2. The molecule has 0 spiro atoms. The number of nitrogen functional groups attached to an aromatic ring is 1. The van der Waals surface area contributed by atoms with Gasteiger partial charge in [-0.3, -0.25) is 4.79 Å². The summed E-state index contributed by atoms with van der Waals surface area (Å²) >= 11 is 5.78. The highest BCUT2D eigenvalue weighted by Gasteiger charge is 2.28. The first-order valence-corrected chi connectivity index (χ1v) is 5.48. The van der Waals surface area contributed by atoms with Gasteiger partial charge in [0.05, 0.1) is 12.2 Å². The lowest BCUT2D eigenvalue weighted by atomic mass is 10.1. The summed E-state index contributed by atoms with van der Waals surface area (Å²) in [4.78, 5) is 23.1. The molecule has 0 aliphatic carbocycles. The number of nitrogens with one attached hydrogen (secondary N) is 1. The number of halogens is 1. The molecule has 0 aromatic heterocycles. The third-order valence-corrected chi connectivity index (χ3v) is 2.74. The van der Waals surface area contributed by atoms with E-state index >= 15 is 0 Å². The summed E-state index contributed by atoms with van der Waals surface area (Å²) in [5, 5.41) is 2.98. The molecular formula is C11H11ClN2O3. The van der Waals surface area contributed by atoms with E-state index in [1.807, 2.05) is 0 Å². The van der Waals surface area contributed by atoms with Crippen molar-refractivity contribution in [2.45, 2.75) is 12.5 Å². The zero-order valence-corrected chi connectivity index (χ0v) is 9.66. The van der Waals surface area contributed by atoms with Gasteiger partial charge in [-0.15, -0.1) is 0 Å². The van der Waals surface area contributed by atoms with Crippen LogP contribution in [-0.2, 0) is 9.53 Å². The molecule has 1 aliphatic heterocycles. The first-order valence-electron chi connectivity index (χ1n) is 5.10. The Hall–Kier alpha value is -1.75. The summed E-state index contributed by atoms with van der Waals surface area (Å²) in [5.41, 5.74) is 6.24. The molecule has 1 fully saturated rings. The molecule has 6 heteroatoms. The van der Waals surface area contributed by atoms with Crippen LogP contribution >= 0.6 is 11.6 Å². The van der Waals surface area contributed by atoms with Crippen molar-refractivity contribution < 1.29 is 14.3 Å². The van der Waals surface area contributed by atoms with Crippen molar-refractivity contribution in [1.82, 2.24) is 5.32 Å². The van der Waals surface area contributed by atoms with Gasteiger partial charge in [0.15, 0.2) is 0 Å². The van der Waals surface area contributed by atoms with Crippen LogP contribution in [0.4, 0.5) is 5.69 Å². The average Bonchev–Trinajstić information content (AvgIpc) is 2.68.